The lowest BCUT2D eigenvalue weighted by Crippen LogP contribution is -2.62. The second-order valence-electron chi connectivity index (χ2n) is 11.5. The molecule has 17 heteroatoms. The molecule has 0 aromatic heterocycles. The van der Waals surface area contributed by atoms with Crippen LogP contribution < -0.4 is 0 Å². The third-order valence-electron chi connectivity index (χ3n) is 7.56. The van der Waals surface area contributed by atoms with Crippen molar-refractivity contribution < 1.29 is 71.2 Å². The Morgan fingerprint density at radius 3 is 1.71 bits per heavy atom. The van der Waals surface area contributed by atoms with Gasteiger partial charge in [-0.05, 0) is 42.0 Å². The Labute approximate surface area is 305 Å². The van der Waals surface area contributed by atoms with Crippen molar-refractivity contribution in [3.63, 3.8) is 0 Å². The highest BCUT2D eigenvalue weighted by atomic mass is 31.2. The number of esters is 3. The van der Waals surface area contributed by atoms with Gasteiger partial charge >= 0.3 is 25.7 Å². The Hall–Kier alpha value is -3.02. The molecule has 0 spiro atoms. The third-order valence-corrected chi connectivity index (χ3v) is 8.04. The summed E-state index contributed by atoms with van der Waals surface area (Å²) in [4.78, 5) is 56.5. The van der Waals surface area contributed by atoms with Gasteiger partial charge in [0.15, 0.2) is 18.3 Å². The summed E-state index contributed by atoms with van der Waals surface area (Å²) in [7, 11) is -5.17. The van der Waals surface area contributed by atoms with E-state index in [1.165, 1.54) is 25.0 Å². The number of fused-ring (bicyclic) bond motifs is 1. The van der Waals surface area contributed by atoms with Crippen molar-refractivity contribution in [2.24, 2.45) is 0 Å². The number of ether oxygens (including phenoxy) is 8. The van der Waals surface area contributed by atoms with E-state index in [2.05, 4.69) is 54.5 Å². The van der Waals surface area contributed by atoms with Gasteiger partial charge in [0.05, 0.1) is 52.9 Å². The molecule has 2 aromatic rings. The van der Waals surface area contributed by atoms with Crippen LogP contribution in [-0.4, -0.2) is 129 Å². The monoisotopic (exact) mass is 759 g/mol. The molecule has 1 aliphatic rings. The molecule has 0 bridgehead atoms. The SMILES string of the molecule is CC(=O)O[C@H]1[C@@H](OC(C)=O)[C@@H](COCCOCCOCCOCc2ccc3ccccc3c2)O[C@@H](OP(=O)(O)O)[C@@H]1OC(C)=O.CCN(CC)CC. The van der Waals surface area contributed by atoms with E-state index in [0.29, 0.717) is 26.4 Å². The fourth-order valence-electron chi connectivity index (χ4n) is 5.16. The normalized spacial score (nSPS) is 20.2. The fourth-order valence-corrected chi connectivity index (χ4v) is 5.60. The maximum Gasteiger partial charge on any atom is 0.472 e. The number of nitrogens with zero attached hydrogens (tertiary/aromatic N) is 1. The smallest absolute Gasteiger partial charge is 0.456 e. The molecule has 294 valence electrons. The summed E-state index contributed by atoms with van der Waals surface area (Å²) in [6.07, 6.45) is -7.69. The van der Waals surface area contributed by atoms with Crippen LogP contribution in [0.15, 0.2) is 42.5 Å². The van der Waals surface area contributed by atoms with Crippen molar-refractivity contribution in [2.75, 3.05) is 65.9 Å². The molecule has 2 aromatic carbocycles. The molecule has 0 radical (unpaired) electrons. The first-order valence-corrected chi connectivity index (χ1v) is 18.7. The van der Waals surface area contributed by atoms with Crippen molar-refractivity contribution >= 4 is 36.5 Å². The Kier molecular flexibility index (Phi) is 21.1. The van der Waals surface area contributed by atoms with Crippen LogP contribution in [0.5, 0.6) is 0 Å². The molecule has 16 nitrogen and oxygen atoms in total. The molecule has 1 saturated heterocycles. The van der Waals surface area contributed by atoms with Crippen molar-refractivity contribution in [2.45, 2.75) is 78.9 Å². The molecule has 1 aliphatic heterocycles. The molecule has 52 heavy (non-hydrogen) atoms. The predicted octanol–water partition coefficient (Wildman–Crippen LogP) is 3.38. The minimum Gasteiger partial charge on any atom is -0.456 e. The van der Waals surface area contributed by atoms with E-state index in [4.69, 9.17) is 37.9 Å². The summed E-state index contributed by atoms with van der Waals surface area (Å²) >= 11 is 0. The summed E-state index contributed by atoms with van der Waals surface area (Å²) in [6.45, 7) is 15.1. The summed E-state index contributed by atoms with van der Waals surface area (Å²) < 4.78 is 59.6. The zero-order valence-corrected chi connectivity index (χ0v) is 31.7. The molecule has 5 atom stereocenters. The Balaban J connectivity index is 0.00000121. The van der Waals surface area contributed by atoms with Gasteiger partial charge in [-0.25, -0.2) is 4.57 Å². The largest absolute Gasteiger partial charge is 0.472 e. The van der Waals surface area contributed by atoms with Gasteiger partial charge in [0.1, 0.15) is 6.10 Å². The Morgan fingerprint density at radius 2 is 1.19 bits per heavy atom. The number of carbonyl (C=O) groups is 3. The first kappa shape index (κ1) is 45.1. The minimum atomic E-state index is -5.17. The lowest BCUT2D eigenvalue weighted by atomic mass is 9.98. The average molecular weight is 760 g/mol. The molecule has 1 heterocycles. The van der Waals surface area contributed by atoms with E-state index in [1.807, 2.05) is 18.2 Å². The average Bonchev–Trinajstić information content (AvgIpc) is 3.08. The van der Waals surface area contributed by atoms with Gasteiger partial charge in [-0.2, -0.15) is 0 Å². The number of phosphoric ester groups is 1. The van der Waals surface area contributed by atoms with E-state index in [1.54, 1.807) is 0 Å². The quantitative estimate of drug-likeness (QED) is 0.0813. The molecule has 3 rings (SSSR count). The van der Waals surface area contributed by atoms with Gasteiger partial charge in [-0.3, -0.25) is 18.9 Å². The molecule has 0 aliphatic carbocycles. The van der Waals surface area contributed by atoms with Gasteiger partial charge in [0.2, 0.25) is 6.29 Å². The molecule has 2 N–H and O–H groups in total. The van der Waals surface area contributed by atoms with Crippen LogP contribution in [0.3, 0.4) is 0 Å². The van der Waals surface area contributed by atoms with Gasteiger partial charge in [0.25, 0.3) is 0 Å². The molecule has 0 amide bonds. The zero-order chi connectivity index (χ0) is 38.5. The van der Waals surface area contributed by atoms with Crippen LogP contribution in [0, 0.1) is 0 Å². The van der Waals surface area contributed by atoms with Gasteiger partial charge in [-0.15, -0.1) is 0 Å². The topological polar surface area (TPSA) is 195 Å². The molecular formula is C35H54NO15P. The van der Waals surface area contributed by atoms with E-state index in [0.717, 1.165) is 31.7 Å². The van der Waals surface area contributed by atoms with Gasteiger partial charge in [-0.1, -0.05) is 57.2 Å². The Bertz CT molecular complexity index is 1400. The number of hydrogen-bond acceptors (Lipinski definition) is 14. The molecule has 0 saturated carbocycles. The van der Waals surface area contributed by atoms with Crippen LogP contribution in [0.1, 0.15) is 47.1 Å². The van der Waals surface area contributed by atoms with Crippen LogP contribution >= 0.6 is 7.82 Å². The maximum atomic E-state index is 11.8. The zero-order valence-electron chi connectivity index (χ0n) is 30.8. The maximum absolute atomic E-state index is 11.8. The highest BCUT2D eigenvalue weighted by Gasteiger charge is 2.54. The van der Waals surface area contributed by atoms with E-state index >= 15 is 0 Å². The number of phosphoric acid groups is 1. The van der Waals surface area contributed by atoms with E-state index in [9.17, 15) is 28.7 Å². The lowest BCUT2D eigenvalue weighted by molar-refractivity contribution is -0.292. The lowest BCUT2D eigenvalue weighted by Gasteiger charge is -2.43. The van der Waals surface area contributed by atoms with Crippen molar-refractivity contribution in [1.29, 1.82) is 0 Å². The number of carbonyl (C=O) groups excluding carboxylic acids is 3. The summed E-state index contributed by atoms with van der Waals surface area (Å²) in [6, 6.07) is 14.3. The van der Waals surface area contributed by atoms with Crippen LogP contribution in [-0.2, 0) is 68.0 Å². The summed E-state index contributed by atoms with van der Waals surface area (Å²) in [5, 5.41) is 2.33. The first-order valence-electron chi connectivity index (χ1n) is 17.2. The predicted molar refractivity (Wildman–Crippen MR) is 188 cm³/mol. The fraction of sp³-hybridized carbons (Fsp3) is 0.629. The number of benzene rings is 2. The molecule has 0 unspecified atom stereocenters. The van der Waals surface area contributed by atoms with Crippen LogP contribution in [0.4, 0.5) is 0 Å². The highest BCUT2D eigenvalue weighted by molar-refractivity contribution is 7.46. The van der Waals surface area contributed by atoms with Crippen molar-refractivity contribution in [1.82, 2.24) is 4.90 Å². The standard InChI is InChI=1S/C29H39O15P.C6H15N/c1-19(30)40-26-25(43-29(44-45(33,34)35)28(42-21(3)32)27(26)41-20(2)31)18-39-15-13-37-11-10-36-12-14-38-17-22-8-9-23-6-4-5-7-24(23)16-22;1-4-7(5-2)6-3/h4-9,16,25-29H,10-15,17-18H2,1-3H3,(H2,33,34,35);4-6H2,1-3H3/t25-,26+,27+,28-,29+;/m1./s1. The van der Waals surface area contributed by atoms with Crippen molar-refractivity contribution in [3.05, 3.63) is 48.0 Å². The number of rotatable bonds is 21. The minimum absolute atomic E-state index is 0.0527. The second-order valence-corrected chi connectivity index (χ2v) is 12.7. The first-order chi connectivity index (χ1) is 24.8. The highest BCUT2D eigenvalue weighted by Crippen LogP contribution is 2.42. The van der Waals surface area contributed by atoms with E-state index < -0.39 is 56.4 Å². The van der Waals surface area contributed by atoms with E-state index in [-0.39, 0.29) is 26.4 Å². The molecular weight excluding hydrogens is 705 g/mol. The van der Waals surface area contributed by atoms with Gasteiger partial charge in [0, 0.05) is 20.8 Å². The third kappa shape index (κ3) is 17.7. The summed E-state index contributed by atoms with van der Waals surface area (Å²) in [5.41, 5.74) is 1.07. The van der Waals surface area contributed by atoms with Crippen LogP contribution in [0.25, 0.3) is 10.8 Å². The second kappa shape index (κ2) is 24.3. The van der Waals surface area contributed by atoms with Crippen molar-refractivity contribution in [3.8, 4) is 0 Å². The van der Waals surface area contributed by atoms with Crippen LogP contribution in [0.2, 0.25) is 0 Å². The summed E-state index contributed by atoms with van der Waals surface area (Å²) in [5.74, 6) is -2.53. The van der Waals surface area contributed by atoms with Gasteiger partial charge < -0.3 is 52.6 Å². The Morgan fingerprint density at radius 1 is 0.692 bits per heavy atom. The molecule has 1 fully saturated rings. The number of hydrogen-bond donors (Lipinski definition) is 2.